The van der Waals surface area contributed by atoms with Crippen molar-refractivity contribution in [3.8, 4) is 89.0 Å². The molecule has 386 valence electrons. The van der Waals surface area contributed by atoms with Crippen LogP contribution in [0.4, 0.5) is 0 Å². The van der Waals surface area contributed by atoms with Gasteiger partial charge in [-0.05, 0) is 216 Å². The van der Waals surface area contributed by atoms with Gasteiger partial charge >= 0.3 is 0 Å². The number of hydrogen-bond donors (Lipinski definition) is 0. The van der Waals surface area contributed by atoms with Gasteiger partial charge in [0, 0.05) is 0 Å². The fourth-order valence-corrected chi connectivity index (χ4v) is 15.0. The summed E-state index contributed by atoms with van der Waals surface area (Å²) in [5.41, 5.74) is 19.7. The molecule has 0 heteroatoms. The molecule has 0 atom stereocenters. The van der Waals surface area contributed by atoms with Gasteiger partial charge in [-0.1, -0.05) is 273 Å². The molecule has 0 saturated carbocycles. The van der Waals surface area contributed by atoms with Crippen LogP contribution in [0.5, 0.6) is 0 Å². The summed E-state index contributed by atoms with van der Waals surface area (Å²) in [5.74, 6) is 0. The third-order valence-electron chi connectivity index (χ3n) is 18.5. The summed E-state index contributed by atoms with van der Waals surface area (Å²) in [6.45, 7) is 0. The Hall–Kier alpha value is -10.9. The quantitative estimate of drug-likeness (QED) is 0.133. The Morgan fingerprint density at radius 2 is 0.536 bits per heavy atom. The molecule has 0 aliphatic rings. The summed E-state index contributed by atoms with van der Waals surface area (Å²) in [4.78, 5) is 0. The van der Waals surface area contributed by atoms with Crippen molar-refractivity contribution in [2.24, 2.45) is 0 Å². The second kappa shape index (κ2) is 18.3. The van der Waals surface area contributed by atoms with E-state index in [1.54, 1.807) is 0 Å². The van der Waals surface area contributed by atoms with Gasteiger partial charge in [0.25, 0.3) is 0 Å². The smallest absolute Gasteiger partial charge is 0.000719 e. The Morgan fingerprint density at radius 1 is 0.131 bits per heavy atom. The Bertz CT molecular complexity index is 5480. The summed E-state index contributed by atoms with van der Waals surface area (Å²) in [6, 6.07) is 114. The summed E-state index contributed by atoms with van der Waals surface area (Å²) in [5, 5.41) is 23.2. The van der Waals surface area contributed by atoms with Crippen LogP contribution in [0.25, 0.3) is 186 Å². The number of benzene rings is 16. The molecule has 18 aromatic carbocycles. The molecule has 0 amide bonds. The Labute approximate surface area is 486 Å². The highest BCUT2D eigenvalue weighted by Crippen LogP contribution is 2.56. The van der Waals surface area contributed by atoms with E-state index < -0.39 is 0 Å². The maximum atomic E-state index is 2.57. The van der Waals surface area contributed by atoms with Crippen LogP contribution in [-0.2, 0) is 0 Å². The molecule has 0 unspecified atom stereocenters. The normalized spacial score (nSPS) is 12.0. The predicted molar refractivity (Wildman–Crippen MR) is 361 cm³/mol. The molecule has 0 nitrogen and oxygen atoms in total. The Balaban J connectivity index is 0.972. The lowest BCUT2D eigenvalue weighted by Crippen LogP contribution is -1.92. The summed E-state index contributed by atoms with van der Waals surface area (Å²) in [6.07, 6.45) is 0. The number of fused-ring (bicyclic) bond motifs is 7. The first-order valence-corrected chi connectivity index (χ1v) is 29.3. The zero-order chi connectivity index (χ0) is 55.0. The summed E-state index contributed by atoms with van der Waals surface area (Å²) >= 11 is 0. The molecule has 0 spiro atoms. The van der Waals surface area contributed by atoms with Crippen LogP contribution in [0.2, 0.25) is 0 Å². The van der Waals surface area contributed by atoms with Crippen LogP contribution in [-0.4, -0.2) is 0 Å². The van der Waals surface area contributed by atoms with Crippen LogP contribution < -0.4 is 0 Å². The highest BCUT2D eigenvalue weighted by Gasteiger charge is 2.28. The van der Waals surface area contributed by atoms with E-state index >= 15 is 0 Å². The van der Waals surface area contributed by atoms with Gasteiger partial charge in [-0.25, -0.2) is 0 Å². The van der Waals surface area contributed by atoms with Gasteiger partial charge in [0.1, 0.15) is 0 Å². The summed E-state index contributed by atoms with van der Waals surface area (Å²) < 4.78 is 0. The molecule has 18 rings (SSSR count). The van der Waals surface area contributed by atoms with Crippen LogP contribution in [0.1, 0.15) is 0 Å². The third kappa shape index (κ3) is 6.83. The number of rotatable bonds is 8. The first-order chi connectivity index (χ1) is 41.7. The van der Waals surface area contributed by atoms with Crippen molar-refractivity contribution in [1.29, 1.82) is 0 Å². The van der Waals surface area contributed by atoms with Gasteiger partial charge in [-0.3, -0.25) is 0 Å². The topological polar surface area (TPSA) is 0 Å². The van der Waals surface area contributed by atoms with E-state index in [0.29, 0.717) is 0 Å². The first kappa shape index (κ1) is 46.8. The minimum Gasteiger partial charge on any atom is -0.0622 e. The molecule has 0 N–H and O–H groups in total. The second-order valence-electron chi connectivity index (χ2n) is 22.9. The zero-order valence-corrected chi connectivity index (χ0v) is 45.9. The van der Waals surface area contributed by atoms with E-state index in [2.05, 4.69) is 303 Å². The van der Waals surface area contributed by atoms with Gasteiger partial charge in [0.15, 0.2) is 0 Å². The van der Waals surface area contributed by atoms with Crippen LogP contribution in [0.3, 0.4) is 0 Å². The second-order valence-corrected chi connectivity index (χ2v) is 22.9. The molecule has 0 saturated heterocycles. The predicted octanol–water partition coefficient (Wildman–Crippen LogP) is 23.7. The molecule has 0 aliphatic carbocycles. The maximum absolute atomic E-state index is 2.57. The molecular formula is C84H50. The first-order valence-electron chi connectivity index (χ1n) is 29.3. The largest absolute Gasteiger partial charge is 0.0622 e. The van der Waals surface area contributed by atoms with E-state index in [4.69, 9.17) is 0 Å². The van der Waals surface area contributed by atoms with E-state index in [-0.39, 0.29) is 0 Å². The van der Waals surface area contributed by atoms with E-state index in [1.165, 1.54) is 186 Å². The number of hydrogen-bond acceptors (Lipinski definition) is 0. The van der Waals surface area contributed by atoms with Crippen molar-refractivity contribution in [1.82, 2.24) is 0 Å². The molecule has 0 aromatic heterocycles. The highest BCUT2D eigenvalue weighted by molar-refractivity contribution is 6.46. The fourth-order valence-electron chi connectivity index (χ4n) is 15.0. The van der Waals surface area contributed by atoms with Crippen molar-refractivity contribution >= 4 is 97.0 Å². The van der Waals surface area contributed by atoms with Crippen molar-refractivity contribution in [2.75, 3.05) is 0 Å². The van der Waals surface area contributed by atoms with Crippen molar-refractivity contribution in [3.63, 3.8) is 0 Å². The lowest BCUT2D eigenvalue weighted by atomic mass is 9.84. The molecule has 0 aliphatic heterocycles. The Kier molecular flexibility index (Phi) is 10.2. The van der Waals surface area contributed by atoms with Crippen molar-refractivity contribution < 1.29 is 0 Å². The minimum atomic E-state index is 1.21. The van der Waals surface area contributed by atoms with Crippen molar-refractivity contribution in [2.45, 2.75) is 0 Å². The van der Waals surface area contributed by atoms with Crippen LogP contribution >= 0.6 is 0 Å². The van der Waals surface area contributed by atoms with Gasteiger partial charge in [-0.15, -0.1) is 0 Å². The molecular weight excluding hydrogens is 1010 g/mol. The lowest BCUT2D eigenvalue weighted by Gasteiger charge is -2.19. The van der Waals surface area contributed by atoms with E-state index in [9.17, 15) is 0 Å². The van der Waals surface area contributed by atoms with E-state index in [0.717, 1.165) is 0 Å². The third-order valence-corrected chi connectivity index (χ3v) is 18.5. The molecule has 0 radical (unpaired) electrons. The molecule has 0 bridgehead atoms. The average molecular weight is 1060 g/mol. The average Bonchev–Trinajstić information content (AvgIpc) is 1.64. The zero-order valence-electron chi connectivity index (χ0n) is 45.9. The molecule has 0 heterocycles. The highest BCUT2D eigenvalue weighted by atomic mass is 14.3. The Morgan fingerprint density at radius 3 is 1.06 bits per heavy atom. The fraction of sp³-hybridized carbons (Fsp3) is 0. The SMILES string of the molecule is c1ccc(-c2cccc(-c3ccccc3)c2-c2cc3ccc4ccc5c6c(-c7ccccc7)c7cc8c(cc7c(-c7ccccc7)c6c6cc(c2)c3c4c56)c2ccc(-c3c(-c4ccccc4)cccc3-c3ccccc3)c3cccc8c32)cc1. The van der Waals surface area contributed by atoms with Crippen LogP contribution in [0, 0.1) is 0 Å². The van der Waals surface area contributed by atoms with Gasteiger partial charge in [-0.2, -0.15) is 0 Å². The summed E-state index contributed by atoms with van der Waals surface area (Å²) in [7, 11) is 0. The maximum Gasteiger partial charge on any atom is -0.000719 e. The van der Waals surface area contributed by atoms with Gasteiger partial charge in [0.2, 0.25) is 0 Å². The lowest BCUT2D eigenvalue weighted by molar-refractivity contribution is 1.57. The molecule has 84 heavy (non-hydrogen) atoms. The standard InChI is InChI=1S/C84H50/c1-7-22-51(23-8-1)61-34-19-35-62(52-24-9-2-10-25-52)76(61)59-46-58-41-40-57-42-43-69-82-74(48-60(47-59)75(58)79(57)82)84-78(56-32-17-6-18-33-56)73-50-71-68-45-44-67(80-63(53-26-11-3-12-27-53)36-20-37-64(80)54-28-13-4-14-29-54)65-38-21-39-66(81(65)68)70(71)49-72(73)77(83(69)84)55-30-15-5-16-31-55/h1-50H. The van der Waals surface area contributed by atoms with Crippen molar-refractivity contribution in [3.05, 3.63) is 303 Å². The minimum absolute atomic E-state index is 1.21. The monoisotopic (exact) mass is 1060 g/mol. The van der Waals surface area contributed by atoms with Crippen LogP contribution in [0.15, 0.2) is 303 Å². The van der Waals surface area contributed by atoms with E-state index in [1.807, 2.05) is 0 Å². The van der Waals surface area contributed by atoms with Gasteiger partial charge in [0.05, 0.1) is 0 Å². The molecule has 18 aromatic rings. The molecule has 0 fully saturated rings. The van der Waals surface area contributed by atoms with Gasteiger partial charge < -0.3 is 0 Å².